The van der Waals surface area contributed by atoms with Crippen molar-refractivity contribution < 1.29 is 19.7 Å². The summed E-state index contributed by atoms with van der Waals surface area (Å²) in [7, 11) is 0. The third-order valence-corrected chi connectivity index (χ3v) is 3.80. The van der Waals surface area contributed by atoms with E-state index in [2.05, 4.69) is 15.9 Å². The number of hydrogen-bond acceptors (Lipinski definition) is 5. The SMILES string of the molecule is OC(CBr)C(O)c1scc2c1OCCO2. The quantitative estimate of drug-likeness (QED) is 0.826. The molecule has 6 heteroatoms. The second-order valence-corrected chi connectivity index (χ2v) is 4.72. The van der Waals surface area contributed by atoms with Crippen LogP contribution in [0.25, 0.3) is 0 Å². The number of hydrogen-bond donors (Lipinski definition) is 2. The van der Waals surface area contributed by atoms with Gasteiger partial charge in [-0.3, -0.25) is 0 Å². The van der Waals surface area contributed by atoms with Gasteiger partial charge in [0.05, 0.1) is 11.0 Å². The normalized spacial score (nSPS) is 18.6. The van der Waals surface area contributed by atoms with E-state index in [0.717, 1.165) is 0 Å². The molecule has 4 nitrogen and oxygen atoms in total. The van der Waals surface area contributed by atoms with Crippen LogP contribution in [0.15, 0.2) is 5.38 Å². The first-order valence-electron chi connectivity index (χ1n) is 4.53. The molecule has 0 aliphatic carbocycles. The Morgan fingerprint density at radius 3 is 2.87 bits per heavy atom. The molecule has 0 amide bonds. The van der Waals surface area contributed by atoms with Gasteiger partial charge >= 0.3 is 0 Å². The maximum absolute atomic E-state index is 9.83. The Morgan fingerprint density at radius 2 is 2.13 bits per heavy atom. The molecule has 2 unspecified atom stereocenters. The first-order chi connectivity index (χ1) is 7.24. The van der Waals surface area contributed by atoms with Crippen LogP contribution in [0.4, 0.5) is 0 Å². The van der Waals surface area contributed by atoms with Crippen LogP contribution in [0.2, 0.25) is 0 Å². The van der Waals surface area contributed by atoms with Crippen molar-refractivity contribution in [1.29, 1.82) is 0 Å². The van der Waals surface area contributed by atoms with Gasteiger partial charge in [0.15, 0.2) is 11.5 Å². The Labute approximate surface area is 99.6 Å². The van der Waals surface area contributed by atoms with Gasteiger partial charge in [0.25, 0.3) is 0 Å². The second kappa shape index (κ2) is 4.69. The van der Waals surface area contributed by atoms with E-state index < -0.39 is 12.2 Å². The Balaban J connectivity index is 2.24. The summed E-state index contributed by atoms with van der Waals surface area (Å²) < 4.78 is 10.8. The molecule has 2 N–H and O–H groups in total. The molecule has 0 radical (unpaired) electrons. The number of aliphatic hydroxyl groups excluding tert-OH is 2. The van der Waals surface area contributed by atoms with Crippen LogP contribution >= 0.6 is 27.3 Å². The predicted molar refractivity (Wildman–Crippen MR) is 60.1 cm³/mol. The number of ether oxygens (including phenoxy) is 2. The average Bonchev–Trinajstić information content (AvgIpc) is 2.70. The summed E-state index contributed by atoms with van der Waals surface area (Å²) in [4.78, 5) is 0.622. The summed E-state index contributed by atoms with van der Waals surface area (Å²) in [6.07, 6.45) is -1.77. The molecule has 15 heavy (non-hydrogen) atoms. The van der Waals surface area contributed by atoms with Crippen molar-refractivity contribution in [2.75, 3.05) is 18.5 Å². The first-order valence-corrected chi connectivity index (χ1v) is 6.53. The molecule has 0 bridgehead atoms. The lowest BCUT2D eigenvalue weighted by Crippen LogP contribution is -2.21. The largest absolute Gasteiger partial charge is 0.485 e. The van der Waals surface area contributed by atoms with E-state index >= 15 is 0 Å². The van der Waals surface area contributed by atoms with Gasteiger partial charge in [-0.2, -0.15) is 0 Å². The fourth-order valence-corrected chi connectivity index (χ4v) is 2.67. The van der Waals surface area contributed by atoms with Gasteiger partial charge in [-0.15, -0.1) is 11.3 Å². The number of thiophene rings is 1. The Morgan fingerprint density at radius 1 is 1.40 bits per heavy atom. The molecular formula is C9H11BrO4S. The molecule has 2 atom stereocenters. The van der Waals surface area contributed by atoms with Gasteiger partial charge in [0, 0.05) is 10.7 Å². The highest BCUT2D eigenvalue weighted by molar-refractivity contribution is 9.09. The van der Waals surface area contributed by atoms with Gasteiger partial charge in [0.1, 0.15) is 19.3 Å². The summed E-state index contributed by atoms with van der Waals surface area (Å²) in [5, 5.41) is 21.4. The highest BCUT2D eigenvalue weighted by Gasteiger charge is 2.27. The van der Waals surface area contributed by atoms with E-state index in [1.807, 2.05) is 0 Å². The molecule has 1 aromatic heterocycles. The van der Waals surface area contributed by atoms with Crippen LogP contribution in [-0.2, 0) is 0 Å². The first kappa shape index (κ1) is 11.2. The number of halogens is 1. The molecule has 1 aliphatic rings. The zero-order chi connectivity index (χ0) is 10.8. The zero-order valence-electron chi connectivity index (χ0n) is 7.85. The van der Waals surface area contributed by atoms with E-state index in [-0.39, 0.29) is 0 Å². The fraction of sp³-hybridized carbons (Fsp3) is 0.556. The third-order valence-electron chi connectivity index (χ3n) is 2.12. The van der Waals surface area contributed by atoms with Crippen LogP contribution in [-0.4, -0.2) is 34.9 Å². The van der Waals surface area contributed by atoms with E-state index in [1.165, 1.54) is 11.3 Å². The van der Waals surface area contributed by atoms with Crippen molar-refractivity contribution in [3.8, 4) is 11.5 Å². The minimum Gasteiger partial charge on any atom is -0.485 e. The van der Waals surface area contributed by atoms with Crippen molar-refractivity contribution in [2.45, 2.75) is 12.2 Å². The van der Waals surface area contributed by atoms with Crippen molar-refractivity contribution in [3.05, 3.63) is 10.3 Å². The summed E-state index contributed by atoms with van der Waals surface area (Å²) in [5.41, 5.74) is 0. The maximum atomic E-state index is 9.83. The van der Waals surface area contributed by atoms with E-state index in [4.69, 9.17) is 9.47 Å². The standard InChI is InChI=1S/C9H11BrO4S/c10-3-5(11)7(12)9-8-6(4-15-9)13-1-2-14-8/h4-5,7,11-12H,1-3H2. The molecule has 0 saturated carbocycles. The van der Waals surface area contributed by atoms with Gasteiger partial charge in [-0.25, -0.2) is 0 Å². The Kier molecular flexibility index (Phi) is 3.50. The van der Waals surface area contributed by atoms with Gasteiger partial charge in [0.2, 0.25) is 0 Å². The molecule has 84 valence electrons. The van der Waals surface area contributed by atoms with Crippen molar-refractivity contribution in [3.63, 3.8) is 0 Å². The summed E-state index contributed by atoms with van der Waals surface area (Å²) in [5.74, 6) is 1.22. The summed E-state index contributed by atoms with van der Waals surface area (Å²) in [6, 6.07) is 0. The Hall–Kier alpha value is -0.300. The van der Waals surface area contributed by atoms with Crippen LogP contribution < -0.4 is 9.47 Å². The third kappa shape index (κ3) is 2.13. The molecule has 2 rings (SSSR count). The second-order valence-electron chi connectivity index (χ2n) is 3.16. The van der Waals surface area contributed by atoms with Crippen molar-refractivity contribution >= 4 is 27.3 Å². The van der Waals surface area contributed by atoms with Crippen LogP contribution in [0, 0.1) is 0 Å². The number of rotatable bonds is 3. The fourth-order valence-electron chi connectivity index (χ4n) is 1.35. The highest BCUT2D eigenvalue weighted by atomic mass is 79.9. The number of aliphatic hydroxyl groups is 2. The Bertz CT molecular complexity index is 341. The summed E-state index contributed by atoms with van der Waals surface area (Å²) >= 11 is 4.46. The topological polar surface area (TPSA) is 58.9 Å². The molecule has 1 aliphatic heterocycles. The molecule has 0 aromatic carbocycles. The lowest BCUT2D eigenvalue weighted by atomic mass is 10.2. The minimum atomic E-state index is -0.931. The van der Waals surface area contributed by atoms with Crippen LogP contribution in [0.1, 0.15) is 11.0 Å². The molecule has 0 fully saturated rings. The van der Waals surface area contributed by atoms with Crippen LogP contribution in [0.3, 0.4) is 0 Å². The zero-order valence-corrected chi connectivity index (χ0v) is 10.3. The van der Waals surface area contributed by atoms with Gasteiger partial charge in [-0.05, 0) is 0 Å². The molecular weight excluding hydrogens is 284 g/mol. The van der Waals surface area contributed by atoms with Crippen LogP contribution in [0.5, 0.6) is 11.5 Å². The van der Waals surface area contributed by atoms with Gasteiger partial charge in [-0.1, -0.05) is 15.9 Å². The smallest absolute Gasteiger partial charge is 0.178 e. The van der Waals surface area contributed by atoms with Crippen molar-refractivity contribution in [2.24, 2.45) is 0 Å². The number of fused-ring (bicyclic) bond motifs is 1. The summed E-state index contributed by atoms with van der Waals surface area (Å²) in [6.45, 7) is 1.01. The maximum Gasteiger partial charge on any atom is 0.178 e. The predicted octanol–water partition coefficient (Wildman–Crippen LogP) is 1.31. The van der Waals surface area contributed by atoms with E-state index in [1.54, 1.807) is 5.38 Å². The van der Waals surface area contributed by atoms with Crippen molar-refractivity contribution in [1.82, 2.24) is 0 Å². The molecule has 0 saturated heterocycles. The van der Waals surface area contributed by atoms with E-state index in [0.29, 0.717) is 34.9 Å². The van der Waals surface area contributed by atoms with E-state index in [9.17, 15) is 10.2 Å². The monoisotopic (exact) mass is 294 g/mol. The highest BCUT2D eigenvalue weighted by Crippen LogP contribution is 2.43. The lowest BCUT2D eigenvalue weighted by molar-refractivity contribution is 0.0336. The lowest BCUT2D eigenvalue weighted by Gasteiger charge is -2.19. The minimum absolute atomic E-state index is 0.321. The molecule has 1 aromatic rings. The number of alkyl halides is 1. The molecule has 0 spiro atoms. The molecule has 2 heterocycles. The van der Waals surface area contributed by atoms with Gasteiger partial charge < -0.3 is 19.7 Å². The average molecular weight is 295 g/mol.